The van der Waals surface area contributed by atoms with Crippen LogP contribution in [0, 0.1) is 5.82 Å². The lowest BCUT2D eigenvalue weighted by Crippen LogP contribution is -2.07. The van der Waals surface area contributed by atoms with Gasteiger partial charge >= 0.3 is 0 Å². The summed E-state index contributed by atoms with van der Waals surface area (Å²) in [5.74, 6) is 0.757. The number of halogens is 2. The van der Waals surface area contributed by atoms with Crippen molar-refractivity contribution in [2.24, 2.45) is 0 Å². The smallest absolute Gasteiger partial charge is 0.123 e. The first-order valence-electron chi connectivity index (χ1n) is 5.20. The second-order valence-electron chi connectivity index (χ2n) is 3.94. The minimum atomic E-state index is -0.221. The van der Waals surface area contributed by atoms with Crippen LogP contribution in [-0.2, 0) is 0 Å². The Balaban J connectivity index is 2.36. The normalized spacial score (nSPS) is 25.5. The molecule has 2 rings (SSSR count). The predicted molar refractivity (Wildman–Crippen MR) is 59.2 cm³/mol. The van der Waals surface area contributed by atoms with Crippen molar-refractivity contribution in [3.05, 3.63) is 29.6 Å². The fraction of sp³-hybridized carbons (Fsp3) is 0.500. The first-order chi connectivity index (χ1) is 7.22. The molecular weight excluding hydrogens is 215 g/mol. The Morgan fingerprint density at radius 2 is 2.20 bits per heavy atom. The highest BCUT2D eigenvalue weighted by atomic mass is 35.5. The number of rotatable bonds is 2. The standard InChI is InChI=1S/C12H14ClFO/c1-15-12-6-5-8(14)7-10(12)9-3-2-4-11(9)13/h5-7,9,11H,2-4H2,1H3. The lowest BCUT2D eigenvalue weighted by Gasteiger charge is -2.17. The first-order valence-corrected chi connectivity index (χ1v) is 5.63. The monoisotopic (exact) mass is 228 g/mol. The number of benzene rings is 1. The van der Waals surface area contributed by atoms with Gasteiger partial charge in [-0.25, -0.2) is 4.39 Å². The number of ether oxygens (including phenoxy) is 1. The molecule has 82 valence electrons. The van der Waals surface area contributed by atoms with Crippen LogP contribution in [0.25, 0.3) is 0 Å². The van der Waals surface area contributed by atoms with Crippen LogP contribution in [0.15, 0.2) is 18.2 Å². The molecule has 1 aromatic carbocycles. The van der Waals surface area contributed by atoms with Crippen molar-refractivity contribution in [2.75, 3.05) is 7.11 Å². The zero-order valence-electron chi connectivity index (χ0n) is 8.67. The first kappa shape index (κ1) is 10.7. The summed E-state index contributed by atoms with van der Waals surface area (Å²) in [4.78, 5) is 0. The van der Waals surface area contributed by atoms with Gasteiger partial charge in [0.1, 0.15) is 11.6 Å². The lowest BCUT2D eigenvalue weighted by atomic mass is 9.96. The molecule has 1 saturated carbocycles. The van der Waals surface area contributed by atoms with Crippen molar-refractivity contribution < 1.29 is 9.13 Å². The molecule has 0 radical (unpaired) electrons. The quantitative estimate of drug-likeness (QED) is 0.702. The third-order valence-corrected chi connectivity index (χ3v) is 3.55. The summed E-state index contributed by atoms with van der Waals surface area (Å²) in [6.45, 7) is 0. The van der Waals surface area contributed by atoms with Gasteiger partial charge in [0, 0.05) is 16.9 Å². The fourth-order valence-corrected chi connectivity index (χ4v) is 2.68. The van der Waals surface area contributed by atoms with Crippen LogP contribution < -0.4 is 4.74 Å². The Labute approximate surface area is 94.2 Å². The molecule has 1 aromatic rings. The van der Waals surface area contributed by atoms with Crippen LogP contribution in [0.5, 0.6) is 5.75 Å². The summed E-state index contributed by atoms with van der Waals surface area (Å²) in [6, 6.07) is 4.64. The Hall–Kier alpha value is -0.760. The summed E-state index contributed by atoms with van der Waals surface area (Å²) < 4.78 is 18.4. The Morgan fingerprint density at radius 3 is 2.80 bits per heavy atom. The molecule has 0 aliphatic heterocycles. The van der Waals surface area contributed by atoms with Crippen molar-refractivity contribution in [3.63, 3.8) is 0 Å². The van der Waals surface area contributed by atoms with Crippen LogP contribution in [0.1, 0.15) is 30.7 Å². The molecule has 0 N–H and O–H groups in total. The van der Waals surface area contributed by atoms with Gasteiger partial charge in [-0.15, -0.1) is 11.6 Å². The zero-order chi connectivity index (χ0) is 10.8. The molecule has 0 heterocycles. The number of hydrogen-bond donors (Lipinski definition) is 0. The van der Waals surface area contributed by atoms with E-state index in [0.717, 1.165) is 30.6 Å². The van der Waals surface area contributed by atoms with E-state index in [9.17, 15) is 4.39 Å². The Kier molecular flexibility index (Phi) is 3.15. The summed E-state index contributed by atoms with van der Waals surface area (Å²) in [7, 11) is 1.61. The summed E-state index contributed by atoms with van der Waals surface area (Å²) >= 11 is 6.22. The van der Waals surface area contributed by atoms with Crippen molar-refractivity contribution in [1.29, 1.82) is 0 Å². The molecule has 0 bridgehead atoms. The Bertz CT molecular complexity index is 353. The van der Waals surface area contributed by atoms with Crippen molar-refractivity contribution >= 4 is 11.6 Å². The van der Waals surface area contributed by atoms with Crippen molar-refractivity contribution in [3.8, 4) is 5.75 Å². The van der Waals surface area contributed by atoms with E-state index < -0.39 is 0 Å². The minimum absolute atomic E-state index is 0.112. The summed E-state index contributed by atoms with van der Waals surface area (Å²) in [5.41, 5.74) is 0.912. The van der Waals surface area contributed by atoms with Gasteiger partial charge in [0.25, 0.3) is 0 Å². The second kappa shape index (κ2) is 4.40. The van der Waals surface area contributed by atoms with E-state index in [1.807, 2.05) is 0 Å². The average molecular weight is 229 g/mol. The van der Waals surface area contributed by atoms with Crippen molar-refractivity contribution in [1.82, 2.24) is 0 Å². The third kappa shape index (κ3) is 2.10. The molecule has 1 fully saturated rings. The topological polar surface area (TPSA) is 9.23 Å². The van der Waals surface area contributed by atoms with Crippen molar-refractivity contribution in [2.45, 2.75) is 30.6 Å². The van der Waals surface area contributed by atoms with Crippen LogP contribution in [0.2, 0.25) is 0 Å². The van der Waals surface area contributed by atoms with E-state index in [0.29, 0.717) is 0 Å². The van der Waals surface area contributed by atoms with Gasteiger partial charge < -0.3 is 4.74 Å². The molecular formula is C12H14ClFO. The highest BCUT2D eigenvalue weighted by molar-refractivity contribution is 6.21. The minimum Gasteiger partial charge on any atom is -0.496 e. The van der Waals surface area contributed by atoms with Gasteiger partial charge in [-0.2, -0.15) is 0 Å². The second-order valence-corrected chi connectivity index (χ2v) is 4.50. The SMILES string of the molecule is COc1ccc(F)cc1C1CCCC1Cl. The van der Waals surface area contributed by atoms with E-state index in [1.165, 1.54) is 6.07 Å². The van der Waals surface area contributed by atoms with Crippen LogP contribution in [0.4, 0.5) is 4.39 Å². The molecule has 0 amide bonds. The molecule has 1 aliphatic rings. The molecule has 15 heavy (non-hydrogen) atoms. The van der Waals surface area contributed by atoms with E-state index >= 15 is 0 Å². The van der Waals surface area contributed by atoms with E-state index in [2.05, 4.69) is 0 Å². The molecule has 3 heteroatoms. The highest BCUT2D eigenvalue weighted by Gasteiger charge is 2.29. The van der Waals surface area contributed by atoms with E-state index in [4.69, 9.17) is 16.3 Å². The van der Waals surface area contributed by atoms with Gasteiger partial charge in [0.2, 0.25) is 0 Å². The average Bonchev–Trinajstić information content (AvgIpc) is 2.64. The summed E-state index contributed by atoms with van der Waals surface area (Å²) in [5, 5.41) is 0.112. The molecule has 1 aliphatic carbocycles. The maximum Gasteiger partial charge on any atom is 0.123 e. The van der Waals surface area contributed by atoms with Gasteiger partial charge in [0.05, 0.1) is 7.11 Å². The van der Waals surface area contributed by atoms with Crippen LogP contribution in [0.3, 0.4) is 0 Å². The number of alkyl halides is 1. The largest absolute Gasteiger partial charge is 0.496 e. The van der Waals surface area contributed by atoms with Crippen LogP contribution >= 0.6 is 11.6 Å². The van der Waals surface area contributed by atoms with Gasteiger partial charge in [-0.1, -0.05) is 6.42 Å². The molecule has 2 atom stereocenters. The Morgan fingerprint density at radius 1 is 1.40 bits per heavy atom. The molecule has 2 unspecified atom stereocenters. The fourth-order valence-electron chi connectivity index (χ4n) is 2.26. The molecule has 0 saturated heterocycles. The predicted octanol–water partition coefficient (Wildman–Crippen LogP) is 3.71. The maximum atomic E-state index is 13.2. The molecule has 0 spiro atoms. The number of methoxy groups -OCH3 is 1. The van der Waals surface area contributed by atoms with Gasteiger partial charge in [0.15, 0.2) is 0 Å². The number of hydrogen-bond acceptors (Lipinski definition) is 1. The van der Waals surface area contributed by atoms with Crippen LogP contribution in [-0.4, -0.2) is 12.5 Å². The van der Waals surface area contributed by atoms with Gasteiger partial charge in [-0.3, -0.25) is 0 Å². The summed E-state index contributed by atoms with van der Waals surface area (Å²) in [6.07, 6.45) is 3.14. The zero-order valence-corrected chi connectivity index (χ0v) is 9.43. The highest BCUT2D eigenvalue weighted by Crippen LogP contribution is 2.41. The maximum absolute atomic E-state index is 13.2. The van der Waals surface area contributed by atoms with E-state index in [1.54, 1.807) is 19.2 Å². The third-order valence-electron chi connectivity index (χ3n) is 3.02. The molecule has 1 nitrogen and oxygen atoms in total. The lowest BCUT2D eigenvalue weighted by molar-refractivity contribution is 0.404. The van der Waals surface area contributed by atoms with E-state index in [-0.39, 0.29) is 17.1 Å². The van der Waals surface area contributed by atoms with Gasteiger partial charge in [-0.05, 0) is 31.0 Å². The molecule has 0 aromatic heterocycles.